The largest absolute Gasteiger partial charge is 0.411 e. The molecule has 12 heavy (non-hydrogen) atoms. The summed E-state index contributed by atoms with van der Waals surface area (Å²) in [5.74, 6) is -0.225. The Kier molecular flexibility index (Phi) is 1.49. The van der Waals surface area contributed by atoms with Gasteiger partial charge in [0.15, 0.2) is 5.28 Å². The van der Waals surface area contributed by atoms with Crippen LogP contribution in [-0.4, -0.2) is 26.8 Å². The number of nitrogens with zero attached hydrogens (tertiary/aromatic N) is 2. The van der Waals surface area contributed by atoms with E-state index in [0.717, 1.165) is 0 Å². The molecule has 2 rings (SSSR count). The third-order valence-electron chi connectivity index (χ3n) is 2.22. The molecule has 66 valence electrons. The topological polar surface area (TPSA) is 41.7 Å². The van der Waals surface area contributed by atoms with Gasteiger partial charge in [-0.25, -0.2) is 4.79 Å². The molecule has 5 heteroatoms. The van der Waals surface area contributed by atoms with E-state index in [1.54, 1.807) is 16.5 Å². The van der Waals surface area contributed by atoms with Crippen molar-refractivity contribution in [2.24, 2.45) is 5.28 Å². The molecule has 2 heterocycles. The van der Waals surface area contributed by atoms with Crippen LogP contribution in [0.2, 0.25) is 0 Å². The molecule has 0 aliphatic carbocycles. The Labute approximate surface area is 74.9 Å². The van der Waals surface area contributed by atoms with Crippen LogP contribution in [0, 0.1) is 0 Å². The molecule has 0 spiro atoms. The third-order valence-corrected chi connectivity index (χ3v) is 3.61. The summed E-state index contributed by atoms with van der Waals surface area (Å²) in [4.78, 5) is 15.9. The summed E-state index contributed by atoms with van der Waals surface area (Å²) in [6.07, 6.45) is 0. The van der Waals surface area contributed by atoms with E-state index < -0.39 is 0 Å². The van der Waals surface area contributed by atoms with Gasteiger partial charge in [-0.15, -0.1) is 0 Å². The molecule has 2 aliphatic rings. The number of hydrogen-bond donors (Lipinski definition) is 0. The highest BCUT2D eigenvalue weighted by Crippen LogP contribution is 2.44. The van der Waals surface area contributed by atoms with Gasteiger partial charge in [0.25, 0.3) is 6.04 Å². The van der Waals surface area contributed by atoms with Gasteiger partial charge in [0.05, 0.1) is 4.75 Å². The van der Waals surface area contributed by atoms with Crippen molar-refractivity contribution in [1.82, 2.24) is 0 Å². The van der Waals surface area contributed by atoms with Crippen molar-refractivity contribution in [1.29, 1.82) is 0 Å². The Morgan fingerprint density at radius 3 is 2.92 bits per heavy atom. The van der Waals surface area contributed by atoms with E-state index in [4.69, 9.17) is 0 Å². The first-order valence-electron chi connectivity index (χ1n) is 3.90. The van der Waals surface area contributed by atoms with Gasteiger partial charge < -0.3 is 0 Å². The second-order valence-corrected chi connectivity index (χ2v) is 5.57. The monoisotopic (exact) mass is 187 g/mol. The number of carbonyl (C=O) groups is 1. The minimum absolute atomic E-state index is 0.0868. The molecule has 2 atom stereocenters. The molecule has 2 aliphatic heterocycles. The van der Waals surface area contributed by atoms with Crippen LogP contribution in [0.4, 0.5) is 0 Å². The fraction of sp³-hybridized carbons (Fsp3) is 0.857. The molecular weight excluding hydrogens is 176 g/mol. The lowest BCUT2D eigenvalue weighted by Gasteiger charge is -2.12. The van der Waals surface area contributed by atoms with Crippen molar-refractivity contribution in [2.75, 3.05) is 0 Å². The molecule has 0 bridgehead atoms. The van der Waals surface area contributed by atoms with Crippen LogP contribution in [0.3, 0.4) is 0 Å². The average Bonchev–Trinajstić information content (AvgIpc) is 2.38. The van der Waals surface area contributed by atoms with Crippen molar-refractivity contribution in [2.45, 2.75) is 36.9 Å². The zero-order valence-corrected chi connectivity index (χ0v) is 8.09. The summed E-state index contributed by atoms with van der Waals surface area (Å²) in [7, 11) is 0. The minimum atomic E-state index is -0.225. The summed E-state index contributed by atoms with van der Waals surface area (Å²) in [5, 5.41) is 3.95. The molecule has 1 saturated heterocycles. The SMILES string of the molecule is CC1SC(C)(C)C2C(=O)ON=[N+]12. The second-order valence-electron chi connectivity index (χ2n) is 3.60. The van der Waals surface area contributed by atoms with E-state index in [1.807, 2.05) is 20.8 Å². The Morgan fingerprint density at radius 1 is 1.67 bits per heavy atom. The molecule has 1 fully saturated rings. The zero-order chi connectivity index (χ0) is 8.93. The van der Waals surface area contributed by atoms with Crippen LogP contribution in [0.1, 0.15) is 20.8 Å². The second kappa shape index (κ2) is 2.22. The van der Waals surface area contributed by atoms with Crippen molar-refractivity contribution in [3.05, 3.63) is 0 Å². The van der Waals surface area contributed by atoms with Gasteiger partial charge in [-0.05, 0) is 13.8 Å². The quantitative estimate of drug-likeness (QED) is 0.534. The van der Waals surface area contributed by atoms with E-state index in [1.165, 1.54) is 0 Å². The predicted molar refractivity (Wildman–Crippen MR) is 43.7 cm³/mol. The normalized spacial score (nSPS) is 37.6. The van der Waals surface area contributed by atoms with Gasteiger partial charge in [-0.2, -0.15) is 0 Å². The molecule has 4 nitrogen and oxygen atoms in total. The third kappa shape index (κ3) is 0.888. The van der Waals surface area contributed by atoms with Gasteiger partial charge in [0, 0.05) is 6.92 Å². The first-order chi connectivity index (χ1) is 5.52. The molecule has 0 aromatic heterocycles. The molecule has 0 aromatic rings. The lowest BCUT2D eigenvalue weighted by molar-refractivity contribution is -0.620. The Bertz CT molecular complexity index is 275. The van der Waals surface area contributed by atoms with E-state index in [2.05, 4.69) is 10.1 Å². The molecular formula is C7H11N2O2S+. The smallest absolute Gasteiger partial charge is 0.261 e. The van der Waals surface area contributed by atoms with Crippen molar-refractivity contribution in [3.8, 4) is 0 Å². The number of carbonyl (C=O) groups excluding carboxylic acids is 1. The van der Waals surface area contributed by atoms with E-state index in [9.17, 15) is 4.79 Å². The molecule has 0 radical (unpaired) electrons. The molecule has 0 N–H and O–H groups in total. The van der Waals surface area contributed by atoms with Gasteiger partial charge in [-0.3, -0.25) is 4.84 Å². The number of rotatable bonds is 0. The van der Waals surface area contributed by atoms with Crippen LogP contribution in [-0.2, 0) is 9.63 Å². The van der Waals surface area contributed by atoms with Gasteiger partial charge in [0.2, 0.25) is 5.37 Å². The maximum atomic E-state index is 11.2. The summed E-state index contributed by atoms with van der Waals surface area (Å²) in [5.41, 5.74) is 0. The van der Waals surface area contributed by atoms with Crippen molar-refractivity contribution in [3.63, 3.8) is 0 Å². The van der Waals surface area contributed by atoms with E-state index in [-0.39, 0.29) is 22.1 Å². The summed E-state index contributed by atoms with van der Waals surface area (Å²) >= 11 is 1.75. The Hall–Kier alpha value is -0.580. The predicted octanol–water partition coefficient (Wildman–Crippen LogP) is 1.16. The van der Waals surface area contributed by atoms with E-state index >= 15 is 0 Å². The highest BCUT2D eigenvalue weighted by Gasteiger charge is 2.61. The first-order valence-corrected chi connectivity index (χ1v) is 4.78. The molecule has 0 aromatic carbocycles. The summed E-state index contributed by atoms with van der Waals surface area (Å²) in [6.45, 7) is 6.11. The van der Waals surface area contributed by atoms with Gasteiger partial charge in [-0.1, -0.05) is 16.5 Å². The number of hydrogen-bond acceptors (Lipinski definition) is 4. The van der Waals surface area contributed by atoms with Crippen molar-refractivity contribution < 1.29 is 14.3 Å². The fourth-order valence-electron chi connectivity index (χ4n) is 1.73. The standard InChI is InChI=1S/C7H11N2O2S/c1-4-9-5(6(10)11-8-9)7(2,3)12-4/h4-5H,1-3H3/q+1. The zero-order valence-electron chi connectivity index (χ0n) is 7.27. The molecule has 0 saturated carbocycles. The summed E-state index contributed by atoms with van der Waals surface area (Å²) < 4.78 is 1.66. The summed E-state index contributed by atoms with van der Waals surface area (Å²) in [6, 6.07) is -0.197. The lowest BCUT2D eigenvalue weighted by atomic mass is 10.0. The maximum Gasteiger partial charge on any atom is 0.411 e. The first kappa shape index (κ1) is 8.04. The van der Waals surface area contributed by atoms with Gasteiger partial charge >= 0.3 is 5.97 Å². The van der Waals surface area contributed by atoms with Gasteiger partial charge in [0.1, 0.15) is 0 Å². The molecule has 2 unspecified atom stereocenters. The Balaban J connectivity index is 2.40. The van der Waals surface area contributed by atoms with Crippen LogP contribution in [0.15, 0.2) is 5.28 Å². The lowest BCUT2D eigenvalue weighted by Crippen LogP contribution is -2.38. The number of thioether (sulfide) groups is 1. The highest BCUT2D eigenvalue weighted by molar-refractivity contribution is 8.01. The average molecular weight is 187 g/mol. The van der Waals surface area contributed by atoms with Crippen LogP contribution in [0.5, 0.6) is 0 Å². The van der Waals surface area contributed by atoms with Crippen LogP contribution >= 0.6 is 11.8 Å². The molecule has 0 amide bonds. The van der Waals surface area contributed by atoms with Crippen LogP contribution < -0.4 is 0 Å². The van der Waals surface area contributed by atoms with Crippen molar-refractivity contribution >= 4 is 17.7 Å². The van der Waals surface area contributed by atoms with E-state index in [0.29, 0.717) is 0 Å². The minimum Gasteiger partial charge on any atom is -0.261 e. The number of fused-ring (bicyclic) bond motifs is 1. The Morgan fingerprint density at radius 2 is 2.33 bits per heavy atom. The maximum absolute atomic E-state index is 11.2. The van der Waals surface area contributed by atoms with Crippen LogP contribution in [0.25, 0.3) is 0 Å². The fourth-order valence-corrected chi connectivity index (χ4v) is 3.21. The highest BCUT2D eigenvalue weighted by atomic mass is 32.2.